The third kappa shape index (κ3) is 4.78. The van der Waals surface area contributed by atoms with Gasteiger partial charge in [0, 0.05) is 35.1 Å². The predicted molar refractivity (Wildman–Crippen MR) is 128 cm³/mol. The molecule has 1 heterocycles. The van der Waals surface area contributed by atoms with Gasteiger partial charge in [0.15, 0.2) is 0 Å². The van der Waals surface area contributed by atoms with Gasteiger partial charge in [-0.25, -0.2) is 0 Å². The van der Waals surface area contributed by atoms with E-state index in [1.54, 1.807) is 13.2 Å². The van der Waals surface area contributed by atoms with Gasteiger partial charge in [0.1, 0.15) is 11.5 Å². The van der Waals surface area contributed by atoms with Gasteiger partial charge >= 0.3 is 0 Å². The van der Waals surface area contributed by atoms with E-state index in [0.29, 0.717) is 24.5 Å². The Morgan fingerprint density at radius 3 is 2.59 bits per heavy atom. The molecule has 2 N–H and O–H groups in total. The number of hydrogen-bond donors (Lipinski definition) is 2. The average molecular weight is 429 g/mol. The normalized spacial score (nSPS) is 11.8. The van der Waals surface area contributed by atoms with Gasteiger partial charge in [0.2, 0.25) is 0 Å². The SMILES string of the molecule is CCCOc1cccc(C(=O)NCC(c2ccc(OC)cc2)c2c[nH]c3ccccc23)c1. The van der Waals surface area contributed by atoms with E-state index in [0.717, 1.165) is 34.2 Å². The van der Waals surface area contributed by atoms with Crippen molar-refractivity contribution in [2.24, 2.45) is 0 Å². The van der Waals surface area contributed by atoms with Crippen LogP contribution in [0.2, 0.25) is 0 Å². The molecule has 1 unspecified atom stereocenters. The van der Waals surface area contributed by atoms with Crippen LogP contribution in [0.5, 0.6) is 11.5 Å². The highest BCUT2D eigenvalue weighted by Gasteiger charge is 2.20. The van der Waals surface area contributed by atoms with E-state index in [4.69, 9.17) is 9.47 Å². The second kappa shape index (κ2) is 10.1. The number of ether oxygens (including phenoxy) is 2. The maximum atomic E-state index is 12.9. The topological polar surface area (TPSA) is 63.4 Å². The molecule has 0 saturated carbocycles. The van der Waals surface area contributed by atoms with Crippen molar-refractivity contribution >= 4 is 16.8 Å². The highest BCUT2D eigenvalue weighted by atomic mass is 16.5. The van der Waals surface area contributed by atoms with Crippen molar-refractivity contribution in [3.8, 4) is 11.5 Å². The van der Waals surface area contributed by atoms with Crippen molar-refractivity contribution in [3.05, 3.63) is 95.7 Å². The summed E-state index contributed by atoms with van der Waals surface area (Å²) in [6, 6.07) is 23.5. The summed E-state index contributed by atoms with van der Waals surface area (Å²) in [6.45, 7) is 3.15. The molecule has 1 atom stereocenters. The van der Waals surface area contributed by atoms with Crippen LogP contribution in [-0.2, 0) is 0 Å². The molecule has 0 spiro atoms. The van der Waals surface area contributed by atoms with E-state index < -0.39 is 0 Å². The summed E-state index contributed by atoms with van der Waals surface area (Å²) in [5.74, 6) is 1.38. The zero-order valence-electron chi connectivity index (χ0n) is 18.4. The summed E-state index contributed by atoms with van der Waals surface area (Å²) in [5.41, 5.74) is 3.92. The van der Waals surface area contributed by atoms with Crippen LogP contribution in [0.25, 0.3) is 10.9 Å². The lowest BCUT2D eigenvalue weighted by atomic mass is 9.90. The number of amides is 1. The first-order valence-electron chi connectivity index (χ1n) is 10.9. The number of rotatable bonds is 9. The molecule has 0 aliphatic heterocycles. The number of carbonyl (C=O) groups is 1. The van der Waals surface area contributed by atoms with Gasteiger partial charge in [-0.1, -0.05) is 43.3 Å². The second-order valence-electron chi connectivity index (χ2n) is 7.70. The summed E-state index contributed by atoms with van der Waals surface area (Å²) < 4.78 is 11.0. The fraction of sp³-hybridized carbons (Fsp3) is 0.222. The van der Waals surface area contributed by atoms with E-state index in [-0.39, 0.29) is 11.8 Å². The molecule has 1 aromatic heterocycles. The molecular weight excluding hydrogens is 400 g/mol. The molecule has 5 heteroatoms. The van der Waals surface area contributed by atoms with Crippen LogP contribution in [0.3, 0.4) is 0 Å². The Kier molecular flexibility index (Phi) is 6.75. The van der Waals surface area contributed by atoms with Crippen LogP contribution >= 0.6 is 0 Å². The largest absolute Gasteiger partial charge is 0.497 e. The molecule has 0 fully saturated rings. The minimum atomic E-state index is -0.120. The summed E-state index contributed by atoms with van der Waals surface area (Å²) in [6.07, 6.45) is 2.95. The van der Waals surface area contributed by atoms with Crippen LogP contribution in [0.15, 0.2) is 79.0 Å². The molecule has 3 aromatic carbocycles. The number of para-hydroxylation sites is 1. The predicted octanol–water partition coefficient (Wildman–Crippen LogP) is 5.53. The van der Waals surface area contributed by atoms with Gasteiger partial charge in [0.05, 0.1) is 13.7 Å². The Morgan fingerprint density at radius 1 is 1.00 bits per heavy atom. The summed E-state index contributed by atoms with van der Waals surface area (Å²) in [7, 11) is 1.66. The molecular formula is C27H28N2O3. The number of benzene rings is 3. The maximum Gasteiger partial charge on any atom is 0.251 e. The quantitative estimate of drug-likeness (QED) is 0.369. The number of nitrogens with one attached hydrogen (secondary N) is 2. The third-order valence-corrected chi connectivity index (χ3v) is 5.55. The lowest BCUT2D eigenvalue weighted by Crippen LogP contribution is -2.28. The third-order valence-electron chi connectivity index (χ3n) is 5.55. The number of aromatic nitrogens is 1. The zero-order valence-corrected chi connectivity index (χ0v) is 18.4. The molecule has 0 bridgehead atoms. The zero-order chi connectivity index (χ0) is 22.3. The van der Waals surface area contributed by atoms with Crippen LogP contribution in [0.1, 0.15) is 40.7 Å². The Balaban J connectivity index is 1.59. The minimum absolute atomic E-state index is 0.0134. The molecule has 5 nitrogen and oxygen atoms in total. The van der Waals surface area contributed by atoms with Gasteiger partial charge in [-0.3, -0.25) is 4.79 Å². The maximum absolute atomic E-state index is 12.9. The molecule has 0 aliphatic carbocycles. The molecule has 0 saturated heterocycles. The smallest absolute Gasteiger partial charge is 0.251 e. The van der Waals surface area contributed by atoms with Crippen molar-refractivity contribution in [3.63, 3.8) is 0 Å². The Bertz CT molecular complexity index is 1180. The van der Waals surface area contributed by atoms with E-state index in [2.05, 4.69) is 41.5 Å². The first-order chi connectivity index (χ1) is 15.7. The molecule has 1 amide bonds. The fourth-order valence-corrected chi connectivity index (χ4v) is 3.87. The minimum Gasteiger partial charge on any atom is -0.497 e. The number of methoxy groups -OCH3 is 1. The number of aromatic amines is 1. The highest BCUT2D eigenvalue weighted by molar-refractivity contribution is 5.94. The molecule has 32 heavy (non-hydrogen) atoms. The van der Waals surface area contributed by atoms with Gasteiger partial charge in [-0.15, -0.1) is 0 Å². The van der Waals surface area contributed by atoms with Crippen molar-refractivity contribution in [2.45, 2.75) is 19.3 Å². The van der Waals surface area contributed by atoms with E-state index >= 15 is 0 Å². The van der Waals surface area contributed by atoms with Crippen LogP contribution in [-0.4, -0.2) is 31.2 Å². The van der Waals surface area contributed by atoms with E-state index in [1.807, 2.05) is 48.7 Å². The van der Waals surface area contributed by atoms with Crippen molar-refractivity contribution in [1.82, 2.24) is 10.3 Å². The Hall–Kier alpha value is -3.73. The number of fused-ring (bicyclic) bond motifs is 1. The van der Waals surface area contributed by atoms with E-state index in [9.17, 15) is 4.79 Å². The highest BCUT2D eigenvalue weighted by Crippen LogP contribution is 2.31. The van der Waals surface area contributed by atoms with Gasteiger partial charge < -0.3 is 19.8 Å². The molecule has 0 aliphatic rings. The van der Waals surface area contributed by atoms with Crippen LogP contribution < -0.4 is 14.8 Å². The summed E-state index contributed by atoms with van der Waals surface area (Å²) >= 11 is 0. The van der Waals surface area contributed by atoms with Crippen molar-refractivity contribution in [1.29, 1.82) is 0 Å². The fourth-order valence-electron chi connectivity index (χ4n) is 3.87. The van der Waals surface area contributed by atoms with Crippen molar-refractivity contribution < 1.29 is 14.3 Å². The average Bonchev–Trinajstić information content (AvgIpc) is 3.27. The van der Waals surface area contributed by atoms with Crippen LogP contribution in [0.4, 0.5) is 0 Å². The van der Waals surface area contributed by atoms with Gasteiger partial charge in [-0.05, 0) is 53.9 Å². The van der Waals surface area contributed by atoms with E-state index in [1.165, 1.54) is 0 Å². The van der Waals surface area contributed by atoms with Crippen molar-refractivity contribution in [2.75, 3.05) is 20.3 Å². The number of H-pyrrole nitrogens is 1. The molecule has 4 aromatic rings. The first kappa shape index (κ1) is 21.5. The number of carbonyl (C=O) groups excluding carboxylic acids is 1. The summed E-state index contributed by atoms with van der Waals surface area (Å²) in [4.78, 5) is 16.3. The number of hydrogen-bond acceptors (Lipinski definition) is 3. The van der Waals surface area contributed by atoms with Gasteiger partial charge in [-0.2, -0.15) is 0 Å². The summed E-state index contributed by atoms with van der Waals surface area (Å²) in [5, 5.41) is 4.27. The van der Waals surface area contributed by atoms with Gasteiger partial charge in [0.25, 0.3) is 5.91 Å². The Morgan fingerprint density at radius 2 is 1.81 bits per heavy atom. The second-order valence-corrected chi connectivity index (χ2v) is 7.70. The lowest BCUT2D eigenvalue weighted by molar-refractivity contribution is 0.0952. The lowest BCUT2D eigenvalue weighted by Gasteiger charge is -2.19. The van der Waals surface area contributed by atoms with Crippen LogP contribution in [0, 0.1) is 0 Å². The monoisotopic (exact) mass is 428 g/mol. The molecule has 0 radical (unpaired) electrons. The molecule has 4 rings (SSSR count). The molecule has 164 valence electrons. The first-order valence-corrected chi connectivity index (χ1v) is 10.9. The standard InChI is InChI=1S/C27H28N2O3/c1-3-15-32-22-8-6-7-20(16-22)27(30)29-17-24(19-11-13-21(31-2)14-12-19)25-18-28-26-10-5-4-9-23(25)26/h4-14,16,18,24,28H,3,15,17H2,1-2H3,(H,29,30). The Labute approximate surface area is 188 Å².